The van der Waals surface area contributed by atoms with Crippen LogP contribution in [-0.2, 0) is 13.0 Å². The number of fused-ring (bicyclic) bond motifs is 1. The topological polar surface area (TPSA) is 17.8 Å². The standard InChI is InChI=1S/C15H26N2/c1-10(2)9-13-14(11(3)4)17-8-6-7-12(5)15(17)16-13/h10-12H,6-9H2,1-5H3. The van der Waals surface area contributed by atoms with Crippen molar-refractivity contribution in [2.24, 2.45) is 5.92 Å². The van der Waals surface area contributed by atoms with Crippen LogP contribution in [0.5, 0.6) is 0 Å². The lowest BCUT2D eigenvalue weighted by atomic mass is 9.99. The second-order valence-corrected chi connectivity index (χ2v) is 6.25. The van der Waals surface area contributed by atoms with Crippen LogP contribution in [0.3, 0.4) is 0 Å². The summed E-state index contributed by atoms with van der Waals surface area (Å²) in [6.45, 7) is 12.7. The molecule has 1 aliphatic heterocycles. The molecule has 2 nitrogen and oxygen atoms in total. The Morgan fingerprint density at radius 1 is 1.29 bits per heavy atom. The zero-order valence-electron chi connectivity index (χ0n) is 12.0. The first kappa shape index (κ1) is 12.7. The molecule has 0 saturated heterocycles. The van der Waals surface area contributed by atoms with Crippen LogP contribution in [0.4, 0.5) is 0 Å². The highest BCUT2D eigenvalue weighted by molar-refractivity contribution is 5.24. The number of imidazole rings is 1. The van der Waals surface area contributed by atoms with E-state index in [1.807, 2.05) is 0 Å². The van der Waals surface area contributed by atoms with Crippen LogP contribution < -0.4 is 0 Å². The third-order valence-electron chi connectivity index (χ3n) is 3.72. The maximum absolute atomic E-state index is 4.96. The summed E-state index contributed by atoms with van der Waals surface area (Å²) in [4.78, 5) is 4.96. The molecule has 0 spiro atoms. The summed E-state index contributed by atoms with van der Waals surface area (Å²) in [7, 11) is 0. The van der Waals surface area contributed by atoms with Gasteiger partial charge in [0.2, 0.25) is 0 Å². The minimum atomic E-state index is 0.593. The molecule has 2 heterocycles. The largest absolute Gasteiger partial charge is 0.331 e. The van der Waals surface area contributed by atoms with Gasteiger partial charge in [-0.05, 0) is 31.1 Å². The van der Waals surface area contributed by atoms with Gasteiger partial charge in [0.05, 0.1) is 5.69 Å². The number of hydrogen-bond acceptors (Lipinski definition) is 1. The first-order valence-corrected chi connectivity index (χ1v) is 7.09. The number of rotatable bonds is 3. The Labute approximate surface area is 105 Å². The molecule has 0 bridgehead atoms. The van der Waals surface area contributed by atoms with E-state index in [1.54, 1.807) is 0 Å². The van der Waals surface area contributed by atoms with Gasteiger partial charge in [0.1, 0.15) is 5.82 Å². The van der Waals surface area contributed by atoms with Crippen molar-refractivity contribution in [2.45, 2.75) is 72.3 Å². The predicted molar refractivity (Wildman–Crippen MR) is 72.5 cm³/mol. The lowest BCUT2D eigenvalue weighted by Gasteiger charge is -2.23. The Balaban J connectivity index is 2.45. The summed E-state index contributed by atoms with van der Waals surface area (Å²) in [5.41, 5.74) is 2.86. The molecule has 0 fully saturated rings. The molecule has 1 aliphatic rings. The zero-order valence-corrected chi connectivity index (χ0v) is 12.0. The van der Waals surface area contributed by atoms with Gasteiger partial charge in [-0.25, -0.2) is 4.98 Å². The number of hydrogen-bond donors (Lipinski definition) is 0. The third kappa shape index (κ3) is 2.41. The minimum Gasteiger partial charge on any atom is -0.331 e. The maximum atomic E-state index is 4.96. The molecule has 1 unspecified atom stereocenters. The smallest absolute Gasteiger partial charge is 0.112 e. The van der Waals surface area contributed by atoms with E-state index in [0.29, 0.717) is 17.8 Å². The number of aromatic nitrogens is 2. The molecule has 1 aromatic heterocycles. The fourth-order valence-electron chi connectivity index (χ4n) is 3.01. The van der Waals surface area contributed by atoms with Crippen LogP contribution in [0, 0.1) is 5.92 Å². The highest BCUT2D eigenvalue weighted by Crippen LogP contribution is 2.32. The van der Waals surface area contributed by atoms with E-state index >= 15 is 0 Å². The lowest BCUT2D eigenvalue weighted by molar-refractivity contribution is 0.449. The molecule has 0 N–H and O–H groups in total. The molecule has 1 aromatic rings. The normalized spacial score (nSPS) is 20.1. The molecule has 96 valence electrons. The average molecular weight is 234 g/mol. The molecule has 1 atom stereocenters. The summed E-state index contributed by atoms with van der Waals surface area (Å²) in [6.07, 6.45) is 3.74. The third-order valence-corrected chi connectivity index (χ3v) is 3.72. The fraction of sp³-hybridized carbons (Fsp3) is 0.800. The van der Waals surface area contributed by atoms with E-state index in [4.69, 9.17) is 4.98 Å². The molecule has 2 rings (SSSR count). The second-order valence-electron chi connectivity index (χ2n) is 6.25. The molecule has 0 radical (unpaired) electrons. The molecular formula is C15H26N2. The van der Waals surface area contributed by atoms with Gasteiger partial charge in [-0.1, -0.05) is 34.6 Å². The molecule has 0 amide bonds. The van der Waals surface area contributed by atoms with Crippen molar-refractivity contribution >= 4 is 0 Å². The Hall–Kier alpha value is -0.790. The van der Waals surface area contributed by atoms with Gasteiger partial charge in [-0.2, -0.15) is 0 Å². The Morgan fingerprint density at radius 3 is 2.59 bits per heavy atom. The van der Waals surface area contributed by atoms with Gasteiger partial charge >= 0.3 is 0 Å². The van der Waals surface area contributed by atoms with Crippen molar-refractivity contribution in [3.05, 3.63) is 17.2 Å². The molecule has 0 aromatic carbocycles. The fourth-order valence-corrected chi connectivity index (χ4v) is 3.01. The predicted octanol–water partition coefficient (Wildman–Crippen LogP) is 4.10. The lowest BCUT2D eigenvalue weighted by Crippen LogP contribution is -2.16. The monoisotopic (exact) mass is 234 g/mol. The molecule has 2 heteroatoms. The van der Waals surface area contributed by atoms with E-state index in [2.05, 4.69) is 39.2 Å². The van der Waals surface area contributed by atoms with E-state index in [-0.39, 0.29) is 0 Å². The average Bonchev–Trinajstić information content (AvgIpc) is 2.56. The van der Waals surface area contributed by atoms with Gasteiger partial charge < -0.3 is 4.57 Å². The van der Waals surface area contributed by atoms with Crippen LogP contribution in [0.2, 0.25) is 0 Å². The second kappa shape index (κ2) is 4.83. The van der Waals surface area contributed by atoms with Crippen molar-refractivity contribution in [3.63, 3.8) is 0 Å². The first-order chi connectivity index (χ1) is 8.00. The molecule has 0 aliphatic carbocycles. The van der Waals surface area contributed by atoms with Gasteiger partial charge in [0, 0.05) is 18.2 Å². The van der Waals surface area contributed by atoms with Crippen LogP contribution >= 0.6 is 0 Å². The zero-order chi connectivity index (χ0) is 12.6. The van der Waals surface area contributed by atoms with Crippen molar-refractivity contribution < 1.29 is 0 Å². The van der Waals surface area contributed by atoms with Crippen molar-refractivity contribution in [3.8, 4) is 0 Å². The first-order valence-electron chi connectivity index (χ1n) is 7.09. The van der Waals surface area contributed by atoms with Crippen LogP contribution in [0.25, 0.3) is 0 Å². The van der Waals surface area contributed by atoms with Gasteiger partial charge in [-0.15, -0.1) is 0 Å². The van der Waals surface area contributed by atoms with Crippen LogP contribution in [-0.4, -0.2) is 9.55 Å². The van der Waals surface area contributed by atoms with Gasteiger partial charge in [0.15, 0.2) is 0 Å². The quantitative estimate of drug-likeness (QED) is 0.770. The van der Waals surface area contributed by atoms with Crippen LogP contribution in [0.1, 0.15) is 76.5 Å². The summed E-state index contributed by atoms with van der Waals surface area (Å²) >= 11 is 0. The summed E-state index contributed by atoms with van der Waals surface area (Å²) in [5, 5.41) is 0. The molecular weight excluding hydrogens is 208 g/mol. The Kier molecular flexibility index (Phi) is 3.60. The van der Waals surface area contributed by atoms with E-state index in [1.165, 1.54) is 36.6 Å². The number of nitrogens with zero attached hydrogens (tertiary/aromatic N) is 2. The van der Waals surface area contributed by atoms with Gasteiger partial charge in [0.25, 0.3) is 0 Å². The Bertz CT molecular complexity index is 388. The summed E-state index contributed by atoms with van der Waals surface area (Å²) in [5.74, 6) is 3.27. The minimum absolute atomic E-state index is 0.593. The molecule has 0 saturated carbocycles. The highest BCUT2D eigenvalue weighted by atomic mass is 15.1. The van der Waals surface area contributed by atoms with E-state index in [9.17, 15) is 0 Å². The van der Waals surface area contributed by atoms with E-state index < -0.39 is 0 Å². The van der Waals surface area contributed by atoms with Crippen molar-refractivity contribution in [1.29, 1.82) is 0 Å². The van der Waals surface area contributed by atoms with Crippen molar-refractivity contribution in [2.75, 3.05) is 0 Å². The van der Waals surface area contributed by atoms with Crippen molar-refractivity contribution in [1.82, 2.24) is 9.55 Å². The Morgan fingerprint density at radius 2 is 2.00 bits per heavy atom. The summed E-state index contributed by atoms with van der Waals surface area (Å²) < 4.78 is 2.51. The molecule has 17 heavy (non-hydrogen) atoms. The highest BCUT2D eigenvalue weighted by Gasteiger charge is 2.25. The SMILES string of the molecule is CC(C)Cc1nc2n(c1C(C)C)CCCC2C. The van der Waals surface area contributed by atoms with Crippen LogP contribution in [0.15, 0.2) is 0 Å². The van der Waals surface area contributed by atoms with Gasteiger partial charge in [-0.3, -0.25) is 0 Å². The van der Waals surface area contributed by atoms with E-state index in [0.717, 1.165) is 6.42 Å². The maximum Gasteiger partial charge on any atom is 0.112 e. The summed E-state index contributed by atoms with van der Waals surface area (Å²) in [6, 6.07) is 0.